The van der Waals surface area contributed by atoms with E-state index in [1.54, 1.807) is 32.2 Å². The maximum atomic E-state index is 13.1. The number of hydrogen-bond donors (Lipinski definition) is 1. The molecule has 0 saturated heterocycles. The van der Waals surface area contributed by atoms with Crippen molar-refractivity contribution in [2.24, 2.45) is 0 Å². The lowest BCUT2D eigenvalue weighted by atomic mass is 10.1. The van der Waals surface area contributed by atoms with Crippen LogP contribution in [0, 0.1) is 13.8 Å². The highest BCUT2D eigenvalue weighted by molar-refractivity contribution is 6.05. The van der Waals surface area contributed by atoms with Crippen molar-refractivity contribution in [1.82, 2.24) is 5.32 Å². The second-order valence-electron chi connectivity index (χ2n) is 7.56. The van der Waals surface area contributed by atoms with Crippen molar-refractivity contribution < 1.29 is 14.3 Å². The first-order valence-electron chi connectivity index (χ1n) is 10.3. The fraction of sp³-hybridized carbons (Fsp3) is 0.231. The number of aryl methyl sites for hydroxylation is 2. The Hall–Kier alpha value is -3.60. The van der Waals surface area contributed by atoms with Crippen LogP contribution in [0.15, 0.2) is 72.8 Å². The van der Waals surface area contributed by atoms with Crippen LogP contribution in [0.5, 0.6) is 5.75 Å². The molecule has 3 aromatic carbocycles. The van der Waals surface area contributed by atoms with Crippen molar-refractivity contribution >= 4 is 17.5 Å². The summed E-state index contributed by atoms with van der Waals surface area (Å²) in [7, 11) is 1.66. The number of para-hydroxylation sites is 2. The van der Waals surface area contributed by atoms with Gasteiger partial charge in [-0.3, -0.25) is 9.59 Å². The van der Waals surface area contributed by atoms with Gasteiger partial charge in [-0.05, 0) is 49.6 Å². The molecule has 0 aliphatic rings. The number of nitrogens with zero attached hydrogens (tertiary/aromatic N) is 1. The molecule has 160 valence electrons. The Morgan fingerprint density at radius 3 is 2.19 bits per heavy atom. The molecule has 2 amide bonds. The van der Waals surface area contributed by atoms with Gasteiger partial charge in [-0.15, -0.1) is 0 Å². The quantitative estimate of drug-likeness (QED) is 0.609. The molecule has 0 fully saturated rings. The fourth-order valence-electron chi connectivity index (χ4n) is 3.44. The number of anilines is 1. The number of carbonyl (C=O) groups excluding carboxylic acids is 2. The average Bonchev–Trinajstić information content (AvgIpc) is 2.79. The number of likely N-dealkylation sites (N-methyl/N-ethyl adjacent to an activating group) is 1. The highest BCUT2D eigenvalue weighted by atomic mass is 16.5. The Bertz CT molecular complexity index is 1040. The summed E-state index contributed by atoms with van der Waals surface area (Å²) >= 11 is 0. The maximum absolute atomic E-state index is 13.1. The summed E-state index contributed by atoms with van der Waals surface area (Å²) in [6.07, 6.45) is -0.703. The Kier molecular flexibility index (Phi) is 7.08. The van der Waals surface area contributed by atoms with Gasteiger partial charge < -0.3 is 15.0 Å². The monoisotopic (exact) mass is 416 g/mol. The molecule has 0 radical (unpaired) electrons. The van der Waals surface area contributed by atoms with Gasteiger partial charge >= 0.3 is 0 Å². The van der Waals surface area contributed by atoms with Gasteiger partial charge in [0.25, 0.3) is 11.8 Å². The Morgan fingerprint density at radius 1 is 0.903 bits per heavy atom. The van der Waals surface area contributed by atoms with Gasteiger partial charge in [-0.25, -0.2) is 0 Å². The number of ether oxygens (including phenoxy) is 1. The predicted molar refractivity (Wildman–Crippen MR) is 123 cm³/mol. The molecule has 0 spiro atoms. The van der Waals surface area contributed by atoms with Crippen molar-refractivity contribution in [3.8, 4) is 5.75 Å². The van der Waals surface area contributed by atoms with E-state index in [-0.39, 0.29) is 11.8 Å². The first kappa shape index (κ1) is 22.1. The van der Waals surface area contributed by atoms with E-state index >= 15 is 0 Å². The molecule has 31 heavy (non-hydrogen) atoms. The van der Waals surface area contributed by atoms with Gasteiger partial charge in [0.1, 0.15) is 5.75 Å². The average molecular weight is 417 g/mol. The van der Waals surface area contributed by atoms with E-state index in [0.29, 0.717) is 23.5 Å². The molecule has 1 N–H and O–H groups in total. The van der Waals surface area contributed by atoms with E-state index in [0.717, 1.165) is 16.7 Å². The van der Waals surface area contributed by atoms with Crippen LogP contribution in [-0.2, 0) is 11.3 Å². The number of nitrogens with one attached hydrogen (secondary N) is 1. The number of carbonyl (C=O) groups is 2. The maximum Gasteiger partial charge on any atom is 0.267 e. The number of rotatable bonds is 7. The molecule has 3 aromatic rings. The molecule has 0 heterocycles. The van der Waals surface area contributed by atoms with E-state index in [9.17, 15) is 9.59 Å². The van der Waals surface area contributed by atoms with E-state index < -0.39 is 6.10 Å². The van der Waals surface area contributed by atoms with Crippen LogP contribution >= 0.6 is 0 Å². The summed E-state index contributed by atoms with van der Waals surface area (Å²) in [6, 6.07) is 22.6. The summed E-state index contributed by atoms with van der Waals surface area (Å²) in [5.74, 6) is 0.249. The van der Waals surface area contributed by atoms with Crippen LogP contribution in [0.3, 0.4) is 0 Å². The van der Waals surface area contributed by atoms with Crippen LogP contribution in [-0.4, -0.2) is 25.0 Å². The van der Waals surface area contributed by atoms with Crippen molar-refractivity contribution in [2.45, 2.75) is 33.4 Å². The molecule has 1 unspecified atom stereocenters. The van der Waals surface area contributed by atoms with Crippen LogP contribution in [0.4, 0.5) is 5.69 Å². The molecule has 0 bridgehead atoms. The first-order valence-corrected chi connectivity index (χ1v) is 10.3. The molecule has 5 nitrogen and oxygen atoms in total. The SMILES string of the molecule is Cc1cccc(C)c1OC(C)C(=O)N(C)c1ccccc1C(=O)NCc1ccccc1. The number of amides is 2. The van der Waals surface area contributed by atoms with Gasteiger partial charge in [-0.1, -0.05) is 60.7 Å². The van der Waals surface area contributed by atoms with Crippen molar-refractivity contribution in [1.29, 1.82) is 0 Å². The molecular formula is C26H28N2O3. The minimum atomic E-state index is -0.703. The van der Waals surface area contributed by atoms with Crippen molar-refractivity contribution in [2.75, 3.05) is 11.9 Å². The topological polar surface area (TPSA) is 58.6 Å². The van der Waals surface area contributed by atoms with E-state index in [1.165, 1.54) is 4.90 Å². The number of benzene rings is 3. The van der Waals surface area contributed by atoms with Gasteiger partial charge in [-0.2, -0.15) is 0 Å². The summed E-state index contributed by atoms with van der Waals surface area (Å²) in [5.41, 5.74) is 3.93. The van der Waals surface area contributed by atoms with Gasteiger partial charge in [0.15, 0.2) is 6.10 Å². The molecule has 0 aliphatic carbocycles. The molecule has 0 aliphatic heterocycles. The van der Waals surface area contributed by atoms with Crippen molar-refractivity contribution in [3.05, 3.63) is 95.1 Å². The molecule has 5 heteroatoms. The minimum absolute atomic E-state index is 0.231. The fourth-order valence-corrected chi connectivity index (χ4v) is 3.44. The van der Waals surface area contributed by atoms with Crippen LogP contribution in [0.2, 0.25) is 0 Å². The lowest BCUT2D eigenvalue weighted by Gasteiger charge is -2.25. The Labute approximate surface area is 183 Å². The second-order valence-corrected chi connectivity index (χ2v) is 7.56. The zero-order valence-electron chi connectivity index (χ0n) is 18.4. The van der Waals surface area contributed by atoms with E-state index in [2.05, 4.69) is 5.32 Å². The van der Waals surface area contributed by atoms with E-state index in [1.807, 2.05) is 68.4 Å². The lowest BCUT2D eigenvalue weighted by molar-refractivity contribution is -0.124. The summed E-state index contributed by atoms with van der Waals surface area (Å²) < 4.78 is 5.99. The van der Waals surface area contributed by atoms with Gasteiger partial charge in [0.05, 0.1) is 11.3 Å². The van der Waals surface area contributed by atoms with E-state index in [4.69, 9.17) is 4.74 Å². The van der Waals surface area contributed by atoms with Gasteiger partial charge in [0, 0.05) is 13.6 Å². The largest absolute Gasteiger partial charge is 0.480 e. The van der Waals surface area contributed by atoms with Crippen molar-refractivity contribution in [3.63, 3.8) is 0 Å². The first-order chi connectivity index (χ1) is 14.9. The summed E-state index contributed by atoms with van der Waals surface area (Å²) in [5, 5.41) is 2.93. The third kappa shape index (κ3) is 5.31. The smallest absolute Gasteiger partial charge is 0.267 e. The predicted octanol–water partition coefficient (Wildman–Crippen LogP) is 4.66. The normalized spacial score (nSPS) is 11.5. The Morgan fingerprint density at radius 2 is 1.52 bits per heavy atom. The molecule has 3 rings (SSSR count). The third-order valence-corrected chi connectivity index (χ3v) is 5.19. The van der Waals surface area contributed by atoms with Crippen LogP contribution in [0.25, 0.3) is 0 Å². The summed E-state index contributed by atoms with van der Waals surface area (Å²) in [6.45, 7) is 6.05. The van der Waals surface area contributed by atoms with Crippen LogP contribution in [0.1, 0.15) is 34.0 Å². The molecule has 1 atom stereocenters. The van der Waals surface area contributed by atoms with Gasteiger partial charge in [0.2, 0.25) is 0 Å². The zero-order valence-corrected chi connectivity index (χ0v) is 18.4. The lowest BCUT2D eigenvalue weighted by Crippen LogP contribution is -2.39. The standard InChI is InChI=1S/C26H28N2O3/c1-18-11-10-12-19(2)24(18)31-20(3)26(30)28(4)23-16-9-8-15-22(23)25(29)27-17-21-13-6-5-7-14-21/h5-16,20H,17H2,1-4H3,(H,27,29). The number of hydrogen-bond acceptors (Lipinski definition) is 3. The highest BCUT2D eigenvalue weighted by Crippen LogP contribution is 2.25. The zero-order chi connectivity index (χ0) is 22.4. The third-order valence-electron chi connectivity index (χ3n) is 5.19. The Balaban J connectivity index is 1.74. The summed E-state index contributed by atoms with van der Waals surface area (Å²) in [4.78, 5) is 27.4. The van der Waals surface area contributed by atoms with Crippen LogP contribution < -0.4 is 15.0 Å². The molecular weight excluding hydrogens is 388 g/mol. The molecule has 0 aromatic heterocycles. The second kappa shape index (κ2) is 9.94. The minimum Gasteiger partial charge on any atom is -0.480 e. The highest BCUT2D eigenvalue weighted by Gasteiger charge is 2.24. The molecule has 0 saturated carbocycles.